The predicted molar refractivity (Wildman–Crippen MR) is 68.6 cm³/mol. The lowest BCUT2D eigenvalue weighted by Gasteiger charge is -2.18. The van der Waals surface area contributed by atoms with E-state index >= 15 is 0 Å². The molecule has 0 heterocycles. The molecule has 0 aliphatic rings. The molecule has 0 N–H and O–H groups in total. The number of carbonyl (C=O) groups is 1. The number of aldehydes is 1. The van der Waals surface area contributed by atoms with Crippen LogP contribution in [0, 0.1) is 16.0 Å². The molecular formula is C12H14BrNO3. The summed E-state index contributed by atoms with van der Waals surface area (Å²) in [5, 5.41) is 10.7. The highest BCUT2D eigenvalue weighted by atomic mass is 79.9. The second-order valence-corrected chi connectivity index (χ2v) is 4.80. The molecule has 1 aromatic rings. The van der Waals surface area contributed by atoms with Crippen molar-refractivity contribution in [3.8, 4) is 0 Å². The summed E-state index contributed by atoms with van der Waals surface area (Å²) in [6.45, 7) is 1.66. The lowest BCUT2D eigenvalue weighted by molar-refractivity contribution is -0.484. The topological polar surface area (TPSA) is 60.2 Å². The van der Waals surface area contributed by atoms with Gasteiger partial charge in [0.15, 0.2) is 0 Å². The first-order chi connectivity index (χ1) is 8.08. The number of carbonyl (C=O) groups excluding carboxylic acids is 1. The average molecular weight is 300 g/mol. The van der Waals surface area contributed by atoms with Gasteiger partial charge in [-0.2, -0.15) is 0 Å². The summed E-state index contributed by atoms with van der Waals surface area (Å²) < 4.78 is 0.917. The predicted octanol–water partition coefficient (Wildman–Crippen LogP) is 3.03. The van der Waals surface area contributed by atoms with Gasteiger partial charge in [0.05, 0.1) is 5.92 Å². The monoisotopic (exact) mass is 299 g/mol. The summed E-state index contributed by atoms with van der Waals surface area (Å²) in [7, 11) is 0. The molecule has 17 heavy (non-hydrogen) atoms. The van der Waals surface area contributed by atoms with E-state index in [0.717, 1.165) is 16.3 Å². The third kappa shape index (κ3) is 3.93. The van der Waals surface area contributed by atoms with Gasteiger partial charge in [-0.15, -0.1) is 0 Å². The molecule has 0 amide bonds. The molecule has 2 atom stereocenters. The Hall–Kier alpha value is -1.23. The highest BCUT2D eigenvalue weighted by Crippen LogP contribution is 2.27. The van der Waals surface area contributed by atoms with Gasteiger partial charge in [0.25, 0.3) is 0 Å². The summed E-state index contributed by atoms with van der Waals surface area (Å²) in [5.74, 6) is -0.651. The zero-order valence-electron chi connectivity index (χ0n) is 9.51. The van der Waals surface area contributed by atoms with Crippen LogP contribution in [-0.4, -0.2) is 17.8 Å². The summed E-state index contributed by atoms with van der Waals surface area (Å²) in [6.07, 6.45) is 1.42. The molecule has 1 unspecified atom stereocenters. The minimum atomic E-state index is -0.362. The van der Waals surface area contributed by atoms with Crippen LogP contribution in [0.4, 0.5) is 0 Å². The third-order valence-electron chi connectivity index (χ3n) is 2.81. The molecule has 1 rings (SSSR count). The average Bonchev–Trinajstić information content (AvgIpc) is 2.30. The molecular weight excluding hydrogens is 286 g/mol. The number of benzene rings is 1. The molecule has 92 valence electrons. The standard InChI is InChI=1S/C12H14BrNO3/c1-2-9(8-15)12(7-14(16)17)10-3-5-11(13)6-4-10/h3-6,8-9,12H,2,7H2,1H3/t9-,12?/m1/s1. The number of hydrogen-bond acceptors (Lipinski definition) is 3. The van der Waals surface area contributed by atoms with Crippen molar-refractivity contribution in [2.24, 2.45) is 5.92 Å². The van der Waals surface area contributed by atoms with E-state index in [4.69, 9.17) is 0 Å². The van der Waals surface area contributed by atoms with Gasteiger partial charge in [0, 0.05) is 15.3 Å². The van der Waals surface area contributed by atoms with Crippen LogP contribution in [0.15, 0.2) is 28.7 Å². The molecule has 0 aliphatic carbocycles. The molecule has 5 heteroatoms. The number of halogens is 1. The van der Waals surface area contributed by atoms with Gasteiger partial charge in [0.1, 0.15) is 6.29 Å². The molecule has 0 bridgehead atoms. The maximum atomic E-state index is 11.0. The molecule has 0 spiro atoms. The maximum Gasteiger partial charge on any atom is 0.211 e. The normalized spacial score (nSPS) is 14.0. The Bertz CT molecular complexity index is 391. The zero-order valence-corrected chi connectivity index (χ0v) is 11.1. The lowest BCUT2D eigenvalue weighted by atomic mass is 9.85. The van der Waals surface area contributed by atoms with E-state index in [1.165, 1.54) is 0 Å². The van der Waals surface area contributed by atoms with Crippen molar-refractivity contribution < 1.29 is 9.72 Å². The van der Waals surface area contributed by atoms with Gasteiger partial charge in [-0.05, 0) is 24.1 Å². The van der Waals surface area contributed by atoms with Gasteiger partial charge in [-0.3, -0.25) is 10.1 Å². The highest BCUT2D eigenvalue weighted by Gasteiger charge is 2.26. The van der Waals surface area contributed by atoms with Crippen LogP contribution < -0.4 is 0 Å². The fourth-order valence-corrected chi connectivity index (χ4v) is 2.10. The zero-order chi connectivity index (χ0) is 12.8. The van der Waals surface area contributed by atoms with Crippen LogP contribution in [0.3, 0.4) is 0 Å². The van der Waals surface area contributed by atoms with Crippen molar-refractivity contribution in [3.05, 3.63) is 44.4 Å². The highest BCUT2D eigenvalue weighted by molar-refractivity contribution is 9.10. The second-order valence-electron chi connectivity index (χ2n) is 3.88. The van der Waals surface area contributed by atoms with Crippen LogP contribution >= 0.6 is 15.9 Å². The number of hydrogen-bond donors (Lipinski definition) is 0. The quantitative estimate of drug-likeness (QED) is 0.461. The minimum absolute atomic E-state index is 0.209. The molecule has 4 nitrogen and oxygen atoms in total. The Morgan fingerprint density at radius 2 is 2.00 bits per heavy atom. The molecule has 1 aromatic carbocycles. The first-order valence-electron chi connectivity index (χ1n) is 5.41. The fourth-order valence-electron chi connectivity index (χ4n) is 1.83. The molecule has 0 saturated carbocycles. The maximum absolute atomic E-state index is 11.0. The second kappa shape index (κ2) is 6.49. The smallest absolute Gasteiger partial charge is 0.211 e. The van der Waals surface area contributed by atoms with Gasteiger partial charge < -0.3 is 4.79 Å². The Morgan fingerprint density at radius 1 is 1.41 bits per heavy atom. The van der Waals surface area contributed by atoms with E-state index in [1.807, 2.05) is 31.2 Å². The fraction of sp³-hybridized carbons (Fsp3) is 0.417. The van der Waals surface area contributed by atoms with Crippen molar-refractivity contribution >= 4 is 22.2 Å². The van der Waals surface area contributed by atoms with E-state index < -0.39 is 0 Å². The van der Waals surface area contributed by atoms with Crippen LogP contribution in [-0.2, 0) is 4.79 Å². The molecule has 0 aliphatic heterocycles. The van der Waals surface area contributed by atoms with Crippen molar-refractivity contribution in [1.29, 1.82) is 0 Å². The SMILES string of the molecule is CC[C@H](C=O)C(C[N+](=O)[O-])c1ccc(Br)cc1. The molecule has 0 fully saturated rings. The van der Waals surface area contributed by atoms with Gasteiger partial charge in [-0.25, -0.2) is 0 Å². The number of nitro groups is 1. The van der Waals surface area contributed by atoms with E-state index in [9.17, 15) is 14.9 Å². The Kier molecular flexibility index (Phi) is 5.28. The van der Waals surface area contributed by atoms with Crippen molar-refractivity contribution in [1.82, 2.24) is 0 Å². The summed E-state index contributed by atoms with van der Waals surface area (Å²) >= 11 is 3.31. The van der Waals surface area contributed by atoms with Gasteiger partial charge in [0.2, 0.25) is 6.54 Å². The summed E-state index contributed by atoms with van der Waals surface area (Å²) in [4.78, 5) is 21.3. The van der Waals surface area contributed by atoms with Crippen LogP contribution in [0.25, 0.3) is 0 Å². The van der Waals surface area contributed by atoms with Gasteiger partial charge >= 0.3 is 0 Å². The third-order valence-corrected chi connectivity index (χ3v) is 3.34. The van der Waals surface area contributed by atoms with Crippen LogP contribution in [0.5, 0.6) is 0 Å². The Morgan fingerprint density at radius 3 is 2.41 bits per heavy atom. The van der Waals surface area contributed by atoms with Crippen LogP contribution in [0.1, 0.15) is 24.8 Å². The first-order valence-corrected chi connectivity index (χ1v) is 6.20. The van der Waals surface area contributed by atoms with E-state index in [2.05, 4.69) is 15.9 Å². The Labute approximate surface area is 108 Å². The number of nitrogens with zero attached hydrogens (tertiary/aromatic N) is 1. The first kappa shape index (κ1) is 13.8. The molecule has 0 saturated heterocycles. The van der Waals surface area contributed by atoms with Gasteiger partial charge in [-0.1, -0.05) is 35.0 Å². The van der Waals surface area contributed by atoms with Crippen LogP contribution in [0.2, 0.25) is 0 Å². The summed E-state index contributed by atoms with van der Waals surface area (Å²) in [6, 6.07) is 7.31. The molecule has 0 radical (unpaired) electrons. The van der Waals surface area contributed by atoms with Crippen molar-refractivity contribution in [2.45, 2.75) is 19.3 Å². The van der Waals surface area contributed by atoms with E-state index in [1.54, 1.807) is 0 Å². The van der Waals surface area contributed by atoms with E-state index in [-0.39, 0.29) is 23.3 Å². The Balaban J connectivity index is 3.00. The number of rotatable bonds is 6. The summed E-state index contributed by atoms with van der Waals surface area (Å²) in [5.41, 5.74) is 0.837. The van der Waals surface area contributed by atoms with Crippen molar-refractivity contribution in [3.63, 3.8) is 0 Å². The minimum Gasteiger partial charge on any atom is -0.303 e. The lowest BCUT2D eigenvalue weighted by Crippen LogP contribution is -2.22. The largest absolute Gasteiger partial charge is 0.303 e. The van der Waals surface area contributed by atoms with E-state index in [0.29, 0.717) is 6.42 Å². The van der Waals surface area contributed by atoms with Crippen molar-refractivity contribution in [2.75, 3.05) is 6.54 Å². The molecule has 0 aromatic heterocycles.